The van der Waals surface area contributed by atoms with Crippen molar-refractivity contribution in [1.29, 1.82) is 0 Å². The Morgan fingerprint density at radius 1 is 1.12 bits per heavy atom. The van der Waals surface area contributed by atoms with Gasteiger partial charge in [-0.05, 0) is 32.8 Å². The average molecular weight is 221 g/mol. The van der Waals surface area contributed by atoms with Crippen molar-refractivity contribution in [1.82, 2.24) is 0 Å². The van der Waals surface area contributed by atoms with Gasteiger partial charge in [0, 0.05) is 11.1 Å². The van der Waals surface area contributed by atoms with Crippen molar-refractivity contribution >= 4 is 0 Å². The molecule has 0 heterocycles. The molecule has 1 rings (SSSR count). The van der Waals surface area contributed by atoms with E-state index in [-0.39, 0.29) is 11.6 Å². The Bertz CT molecular complexity index is 342. The second-order valence-electron chi connectivity index (χ2n) is 5.10. The SMILES string of the molecule is CC(C)Oc1ccccc1C(C)(N)C(C)C. The zero-order chi connectivity index (χ0) is 12.3. The van der Waals surface area contributed by atoms with Gasteiger partial charge in [0.1, 0.15) is 5.75 Å². The first-order valence-electron chi connectivity index (χ1n) is 5.90. The van der Waals surface area contributed by atoms with Crippen LogP contribution in [0.2, 0.25) is 0 Å². The zero-order valence-corrected chi connectivity index (χ0v) is 10.9. The molecule has 0 bridgehead atoms. The van der Waals surface area contributed by atoms with Gasteiger partial charge in [-0.1, -0.05) is 32.0 Å². The number of hydrogen-bond acceptors (Lipinski definition) is 2. The second kappa shape index (κ2) is 4.88. The lowest BCUT2D eigenvalue weighted by Gasteiger charge is -2.31. The Labute approximate surface area is 98.8 Å². The van der Waals surface area contributed by atoms with Crippen molar-refractivity contribution in [3.05, 3.63) is 29.8 Å². The van der Waals surface area contributed by atoms with E-state index in [1.165, 1.54) is 0 Å². The second-order valence-corrected chi connectivity index (χ2v) is 5.10. The number of hydrogen-bond donors (Lipinski definition) is 1. The van der Waals surface area contributed by atoms with Gasteiger partial charge in [0.2, 0.25) is 0 Å². The summed E-state index contributed by atoms with van der Waals surface area (Å²) < 4.78 is 5.80. The highest BCUT2D eigenvalue weighted by Crippen LogP contribution is 2.33. The molecule has 1 unspecified atom stereocenters. The van der Waals surface area contributed by atoms with E-state index >= 15 is 0 Å². The number of benzene rings is 1. The van der Waals surface area contributed by atoms with Crippen LogP contribution in [0.5, 0.6) is 5.75 Å². The van der Waals surface area contributed by atoms with Crippen molar-refractivity contribution in [2.75, 3.05) is 0 Å². The van der Waals surface area contributed by atoms with Gasteiger partial charge in [-0.25, -0.2) is 0 Å². The molecule has 0 aliphatic rings. The lowest BCUT2D eigenvalue weighted by Crippen LogP contribution is -2.39. The fourth-order valence-corrected chi connectivity index (χ4v) is 1.58. The molecule has 0 spiro atoms. The molecule has 0 aliphatic heterocycles. The van der Waals surface area contributed by atoms with Gasteiger partial charge in [-0.3, -0.25) is 0 Å². The van der Waals surface area contributed by atoms with Crippen LogP contribution in [0.3, 0.4) is 0 Å². The van der Waals surface area contributed by atoms with E-state index in [0.29, 0.717) is 5.92 Å². The van der Waals surface area contributed by atoms with Crippen LogP contribution in [0, 0.1) is 5.92 Å². The molecular formula is C14H23NO. The molecule has 16 heavy (non-hydrogen) atoms. The van der Waals surface area contributed by atoms with Gasteiger partial charge in [-0.2, -0.15) is 0 Å². The van der Waals surface area contributed by atoms with E-state index in [0.717, 1.165) is 11.3 Å². The zero-order valence-electron chi connectivity index (χ0n) is 10.9. The van der Waals surface area contributed by atoms with Crippen molar-refractivity contribution in [2.45, 2.75) is 46.3 Å². The quantitative estimate of drug-likeness (QED) is 0.846. The number of nitrogens with two attached hydrogens (primary N) is 1. The summed E-state index contributed by atoms with van der Waals surface area (Å²) in [6.45, 7) is 10.4. The molecular weight excluding hydrogens is 198 g/mol. The summed E-state index contributed by atoms with van der Waals surface area (Å²) in [4.78, 5) is 0. The highest BCUT2D eigenvalue weighted by Gasteiger charge is 2.28. The van der Waals surface area contributed by atoms with E-state index in [4.69, 9.17) is 10.5 Å². The molecule has 90 valence electrons. The molecule has 0 saturated carbocycles. The Kier molecular flexibility index (Phi) is 3.98. The van der Waals surface area contributed by atoms with Crippen molar-refractivity contribution in [3.63, 3.8) is 0 Å². The monoisotopic (exact) mass is 221 g/mol. The fraction of sp³-hybridized carbons (Fsp3) is 0.571. The first-order chi connectivity index (χ1) is 7.35. The Morgan fingerprint density at radius 2 is 1.69 bits per heavy atom. The molecule has 2 N–H and O–H groups in total. The maximum atomic E-state index is 6.38. The van der Waals surface area contributed by atoms with Gasteiger partial charge in [0.25, 0.3) is 0 Å². The highest BCUT2D eigenvalue weighted by molar-refractivity contribution is 5.39. The third-order valence-corrected chi connectivity index (χ3v) is 3.03. The fourth-order valence-electron chi connectivity index (χ4n) is 1.58. The maximum absolute atomic E-state index is 6.38. The van der Waals surface area contributed by atoms with Gasteiger partial charge < -0.3 is 10.5 Å². The highest BCUT2D eigenvalue weighted by atomic mass is 16.5. The van der Waals surface area contributed by atoms with Crippen LogP contribution in [0.25, 0.3) is 0 Å². The van der Waals surface area contributed by atoms with E-state index < -0.39 is 0 Å². The summed E-state index contributed by atoms with van der Waals surface area (Å²) in [5.41, 5.74) is 7.10. The first kappa shape index (κ1) is 13.0. The number of ether oxygens (including phenoxy) is 1. The third-order valence-electron chi connectivity index (χ3n) is 3.03. The minimum Gasteiger partial charge on any atom is -0.491 e. The summed E-state index contributed by atoms with van der Waals surface area (Å²) in [5, 5.41) is 0. The van der Waals surface area contributed by atoms with E-state index in [1.54, 1.807) is 0 Å². The van der Waals surface area contributed by atoms with Gasteiger partial charge in [0.05, 0.1) is 6.10 Å². The lowest BCUT2D eigenvalue weighted by atomic mass is 9.82. The first-order valence-corrected chi connectivity index (χ1v) is 5.90. The van der Waals surface area contributed by atoms with Crippen LogP contribution in [0.4, 0.5) is 0 Å². The molecule has 2 heteroatoms. The molecule has 1 atom stereocenters. The van der Waals surface area contributed by atoms with Gasteiger partial charge in [0.15, 0.2) is 0 Å². The summed E-state index contributed by atoms with van der Waals surface area (Å²) in [6, 6.07) is 8.04. The summed E-state index contributed by atoms with van der Waals surface area (Å²) >= 11 is 0. The van der Waals surface area contributed by atoms with Crippen LogP contribution in [-0.4, -0.2) is 6.10 Å². The molecule has 0 radical (unpaired) electrons. The minimum absolute atomic E-state index is 0.170. The Morgan fingerprint density at radius 3 is 2.19 bits per heavy atom. The number of para-hydroxylation sites is 1. The molecule has 0 fully saturated rings. The van der Waals surface area contributed by atoms with Crippen molar-refractivity contribution in [3.8, 4) is 5.75 Å². The maximum Gasteiger partial charge on any atom is 0.124 e. The van der Waals surface area contributed by atoms with Gasteiger partial charge in [-0.15, -0.1) is 0 Å². The minimum atomic E-state index is -0.356. The van der Waals surface area contributed by atoms with E-state index in [1.807, 2.05) is 32.0 Å². The Balaban J connectivity index is 3.12. The molecule has 1 aromatic carbocycles. The molecule has 0 aliphatic carbocycles. The predicted molar refractivity (Wildman–Crippen MR) is 68.6 cm³/mol. The Hall–Kier alpha value is -1.02. The average Bonchev–Trinajstić information content (AvgIpc) is 2.17. The van der Waals surface area contributed by atoms with Gasteiger partial charge >= 0.3 is 0 Å². The summed E-state index contributed by atoms with van der Waals surface area (Å²) in [6.07, 6.45) is 0.170. The van der Waals surface area contributed by atoms with Crippen molar-refractivity contribution < 1.29 is 4.74 Å². The smallest absolute Gasteiger partial charge is 0.124 e. The molecule has 0 amide bonds. The van der Waals surface area contributed by atoms with Crippen molar-refractivity contribution in [2.24, 2.45) is 11.7 Å². The predicted octanol–water partition coefficient (Wildman–Crippen LogP) is 3.30. The van der Waals surface area contributed by atoms with Crippen LogP contribution in [-0.2, 0) is 5.54 Å². The number of rotatable bonds is 4. The largest absolute Gasteiger partial charge is 0.491 e. The summed E-state index contributed by atoms with van der Waals surface area (Å²) in [5.74, 6) is 1.26. The third kappa shape index (κ3) is 2.76. The summed E-state index contributed by atoms with van der Waals surface area (Å²) in [7, 11) is 0. The van der Waals surface area contributed by atoms with E-state index in [9.17, 15) is 0 Å². The van der Waals surface area contributed by atoms with Crippen LogP contribution in [0.1, 0.15) is 40.2 Å². The van der Waals surface area contributed by atoms with E-state index in [2.05, 4.69) is 26.8 Å². The lowest BCUT2D eigenvalue weighted by molar-refractivity contribution is 0.229. The normalized spacial score (nSPS) is 15.2. The standard InChI is InChI=1S/C14H23NO/c1-10(2)14(5,15)12-8-6-7-9-13(12)16-11(3)4/h6-11H,15H2,1-5H3. The van der Waals surface area contributed by atoms with Crippen LogP contribution < -0.4 is 10.5 Å². The molecule has 2 nitrogen and oxygen atoms in total. The molecule has 0 saturated heterocycles. The molecule has 1 aromatic rings. The van der Waals surface area contributed by atoms with Crippen LogP contribution >= 0.6 is 0 Å². The van der Waals surface area contributed by atoms with Crippen LogP contribution in [0.15, 0.2) is 24.3 Å². The molecule has 0 aromatic heterocycles. The topological polar surface area (TPSA) is 35.2 Å².